The van der Waals surface area contributed by atoms with Gasteiger partial charge in [-0.1, -0.05) is 20.8 Å². The molecule has 4 atom stereocenters. The molecule has 4 aliphatic rings. The summed E-state index contributed by atoms with van der Waals surface area (Å²) >= 11 is 0. The van der Waals surface area contributed by atoms with E-state index in [-0.39, 0.29) is 16.7 Å². The van der Waals surface area contributed by atoms with Crippen molar-refractivity contribution in [3.05, 3.63) is 18.0 Å². The van der Waals surface area contributed by atoms with E-state index in [0.717, 1.165) is 6.42 Å². The summed E-state index contributed by atoms with van der Waals surface area (Å²) in [5, 5.41) is 0. The molecule has 2 heterocycles. The summed E-state index contributed by atoms with van der Waals surface area (Å²) in [5.74, 6) is 1.02. The number of hydrogen-bond donors (Lipinski definition) is 1. The molecule has 0 aromatic carbocycles. The van der Waals surface area contributed by atoms with Gasteiger partial charge in [-0.25, -0.2) is 13.2 Å². The SMILES string of the molecule is C[C@H]1[C@@H](OC(=O)c2cc(S(=O)(=O)N3CCOCC3)c[nH]2)C[C@H]2C[C@H]1C2(C)C. The lowest BCUT2D eigenvalue weighted by molar-refractivity contribution is -0.156. The van der Waals surface area contributed by atoms with Gasteiger partial charge in [0.2, 0.25) is 10.0 Å². The van der Waals surface area contributed by atoms with Crippen LogP contribution in [0, 0.1) is 23.2 Å². The van der Waals surface area contributed by atoms with Gasteiger partial charge >= 0.3 is 5.97 Å². The van der Waals surface area contributed by atoms with E-state index in [9.17, 15) is 13.2 Å². The van der Waals surface area contributed by atoms with Crippen molar-refractivity contribution < 1.29 is 22.7 Å². The summed E-state index contributed by atoms with van der Waals surface area (Å²) in [5.41, 5.74) is 0.515. The number of esters is 1. The second-order valence-electron chi connectivity index (χ2n) is 8.66. The molecule has 1 aromatic heterocycles. The maximum absolute atomic E-state index is 12.7. The van der Waals surface area contributed by atoms with Gasteiger partial charge in [0.15, 0.2) is 0 Å². The number of aromatic amines is 1. The van der Waals surface area contributed by atoms with Crippen LogP contribution in [0.5, 0.6) is 0 Å². The van der Waals surface area contributed by atoms with E-state index in [1.54, 1.807) is 0 Å². The number of H-pyrrole nitrogens is 1. The molecular formula is C19H28N2O5S. The van der Waals surface area contributed by atoms with Crippen molar-refractivity contribution in [2.24, 2.45) is 23.2 Å². The number of carbonyl (C=O) groups excluding carboxylic acids is 1. The summed E-state index contributed by atoms with van der Waals surface area (Å²) in [6.07, 6.45) is 3.37. The zero-order chi connectivity index (χ0) is 19.4. The second kappa shape index (κ2) is 6.60. The number of nitrogens with zero attached hydrogens (tertiary/aromatic N) is 1. The number of aromatic nitrogens is 1. The Morgan fingerprint density at radius 2 is 2.00 bits per heavy atom. The Labute approximate surface area is 160 Å². The molecule has 7 nitrogen and oxygen atoms in total. The zero-order valence-electron chi connectivity index (χ0n) is 16.1. The van der Waals surface area contributed by atoms with E-state index in [1.165, 1.54) is 23.0 Å². The minimum Gasteiger partial charge on any atom is -0.457 e. The third-order valence-electron chi connectivity index (χ3n) is 7.03. The predicted molar refractivity (Wildman–Crippen MR) is 98.7 cm³/mol. The smallest absolute Gasteiger partial charge is 0.355 e. The summed E-state index contributed by atoms with van der Waals surface area (Å²) in [4.78, 5) is 15.5. The topological polar surface area (TPSA) is 88.7 Å². The van der Waals surface area contributed by atoms with Crippen LogP contribution in [-0.2, 0) is 19.5 Å². The number of sulfonamides is 1. The predicted octanol–water partition coefficient (Wildman–Crippen LogP) is 2.26. The zero-order valence-corrected chi connectivity index (χ0v) is 16.9. The van der Waals surface area contributed by atoms with Crippen LogP contribution in [0.1, 0.15) is 44.1 Å². The highest BCUT2D eigenvalue weighted by molar-refractivity contribution is 7.89. The Kier molecular flexibility index (Phi) is 4.63. The molecule has 3 aliphatic carbocycles. The molecule has 0 radical (unpaired) electrons. The molecule has 0 unspecified atom stereocenters. The number of nitrogens with one attached hydrogen (secondary N) is 1. The summed E-state index contributed by atoms with van der Waals surface area (Å²) in [7, 11) is -3.62. The fourth-order valence-electron chi connectivity index (χ4n) is 5.04. The fraction of sp³-hybridized carbons (Fsp3) is 0.737. The van der Waals surface area contributed by atoms with Gasteiger partial charge in [-0.2, -0.15) is 4.31 Å². The van der Waals surface area contributed by atoms with Gasteiger partial charge < -0.3 is 14.5 Å². The van der Waals surface area contributed by atoms with Crippen molar-refractivity contribution >= 4 is 16.0 Å². The first kappa shape index (κ1) is 19.0. The lowest BCUT2D eigenvalue weighted by Gasteiger charge is -2.61. The van der Waals surface area contributed by atoms with Gasteiger partial charge in [0, 0.05) is 19.3 Å². The van der Waals surface area contributed by atoms with Crippen molar-refractivity contribution in [3.8, 4) is 0 Å². The Balaban J connectivity index is 1.44. The Morgan fingerprint density at radius 1 is 1.30 bits per heavy atom. The molecule has 1 N–H and O–H groups in total. The number of rotatable bonds is 4. The van der Waals surface area contributed by atoms with Crippen LogP contribution >= 0.6 is 0 Å². The van der Waals surface area contributed by atoms with Crippen LogP contribution in [0.3, 0.4) is 0 Å². The maximum Gasteiger partial charge on any atom is 0.355 e. The quantitative estimate of drug-likeness (QED) is 0.789. The van der Waals surface area contributed by atoms with Gasteiger partial charge in [0.1, 0.15) is 16.7 Å². The minimum absolute atomic E-state index is 0.0945. The van der Waals surface area contributed by atoms with E-state index in [4.69, 9.17) is 9.47 Å². The van der Waals surface area contributed by atoms with Crippen molar-refractivity contribution in [1.82, 2.24) is 9.29 Å². The van der Waals surface area contributed by atoms with Crippen LogP contribution in [-0.4, -0.2) is 56.1 Å². The highest BCUT2D eigenvalue weighted by Crippen LogP contribution is 2.61. The molecule has 0 amide bonds. The van der Waals surface area contributed by atoms with E-state index in [1.807, 2.05) is 0 Å². The van der Waals surface area contributed by atoms with E-state index in [2.05, 4.69) is 25.8 Å². The summed E-state index contributed by atoms with van der Waals surface area (Å²) in [6.45, 7) is 8.18. The molecule has 8 heteroatoms. The molecule has 0 spiro atoms. The van der Waals surface area contributed by atoms with Crippen molar-refractivity contribution in [3.63, 3.8) is 0 Å². The lowest BCUT2D eigenvalue weighted by Crippen LogP contribution is -2.57. The Bertz CT molecular complexity index is 825. The van der Waals surface area contributed by atoms with Crippen molar-refractivity contribution in [2.45, 2.75) is 44.6 Å². The Morgan fingerprint density at radius 3 is 2.63 bits per heavy atom. The van der Waals surface area contributed by atoms with E-state index in [0.29, 0.717) is 49.5 Å². The van der Waals surface area contributed by atoms with Crippen LogP contribution in [0.2, 0.25) is 0 Å². The molecule has 1 aromatic rings. The molecule has 1 aliphatic heterocycles. The third-order valence-corrected chi connectivity index (χ3v) is 8.90. The Hall–Kier alpha value is -1.38. The average molecular weight is 397 g/mol. The highest BCUT2D eigenvalue weighted by atomic mass is 32.2. The first-order valence-corrected chi connectivity index (χ1v) is 11.1. The summed E-state index contributed by atoms with van der Waals surface area (Å²) < 4.78 is 37.7. The molecule has 1 saturated heterocycles. The van der Waals surface area contributed by atoms with E-state index >= 15 is 0 Å². The maximum atomic E-state index is 12.7. The molecule has 2 bridgehead atoms. The van der Waals surface area contributed by atoms with Crippen molar-refractivity contribution in [1.29, 1.82) is 0 Å². The largest absolute Gasteiger partial charge is 0.457 e. The number of morpholine rings is 1. The molecule has 150 valence electrons. The minimum atomic E-state index is -3.62. The normalized spacial score (nSPS) is 33.3. The van der Waals surface area contributed by atoms with Gasteiger partial charge in [0.05, 0.1) is 13.2 Å². The van der Waals surface area contributed by atoms with Crippen LogP contribution < -0.4 is 0 Å². The van der Waals surface area contributed by atoms with E-state index < -0.39 is 16.0 Å². The first-order valence-electron chi connectivity index (χ1n) is 9.68. The third kappa shape index (κ3) is 3.11. The molecular weight excluding hydrogens is 368 g/mol. The average Bonchev–Trinajstić information content (AvgIpc) is 3.14. The molecule has 4 fully saturated rings. The number of ether oxygens (including phenoxy) is 2. The second-order valence-corrected chi connectivity index (χ2v) is 10.6. The van der Waals surface area contributed by atoms with Crippen LogP contribution in [0.4, 0.5) is 0 Å². The van der Waals surface area contributed by atoms with Crippen molar-refractivity contribution in [2.75, 3.05) is 26.3 Å². The first-order chi connectivity index (χ1) is 12.7. The van der Waals surface area contributed by atoms with Crippen LogP contribution in [0.25, 0.3) is 0 Å². The van der Waals surface area contributed by atoms with Gasteiger partial charge in [-0.05, 0) is 42.1 Å². The fourth-order valence-corrected chi connectivity index (χ4v) is 6.44. The molecule has 27 heavy (non-hydrogen) atoms. The number of carbonyl (C=O) groups is 1. The molecule has 5 rings (SSSR count). The lowest BCUT2D eigenvalue weighted by atomic mass is 9.45. The highest BCUT2D eigenvalue weighted by Gasteiger charge is 2.57. The summed E-state index contributed by atoms with van der Waals surface area (Å²) in [6, 6.07) is 1.38. The molecule has 3 saturated carbocycles. The standard InChI is InChI=1S/C19H28N2O5S/c1-12-15-8-13(19(15,2)3)9-17(12)26-18(22)16-10-14(11-20-16)27(23,24)21-4-6-25-7-5-21/h10-13,15,17,20H,4-9H2,1-3H3/t12-,13-,15-,17+/m1/s1. The van der Waals surface area contributed by atoms with Gasteiger partial charge in [-0.15, -0.1) is 0 Å². The number of hydrogen-bond acceptors (Lipinski definition) is 5. The van der Waals surface area contributed by atoms with Gasteiger partial charge in [-0.3, -0.25) is 0 Å². The number of fused-ring (bicyclic) bond motifs is 2. The van der Waals surface area contributed by atoms with Crippen LogP contribution in [0.15, 0.2) is 17.2 Å². The monoisotopic (exact) mass is 396 g/mol. The van der Waals surface area contributed by atoms with Gasteiger partial charge in [0.25, 0.3) is 0 Å².